The zero-order chi connectivity index (χ0) is 13.2. The molecule has 0 saturated heterocycles. The fraction of sp³-hybridized carbons (Fsp3) is 0.571. The van der Waals surface area contributed by atoms with Crippen molar-refractivity contribution in [1.82, 2.24) is 0 Å². The summed E-state index contributed by atoms with van der Waals surface area (Å²) < 4.78 is 0. The molecule has 1 aliphatic rings. The minimum absolute atomic E-state index is 0.532. The Morgan fingerprint density at radius 3 is 2.78 bits per heavy atom. The average Bonchev–Trinajstić information content (AvgIpc) is 2.35. The van der Waals surface area contributed by atoms with E-state index in [1.54, 1.807) is 6.07 Å². The number of nitrogen functional groups attached to an aromatic ring is 1. The van der Waals surface area contributed by atoms with Gasteiger partial charge in [0.25, 0.3) is 0 Å². The monoisotopic (exact) mass is 268 g/mol. The maximum atomic E-state index is 10.5. The molecule has 1 aliphatic carbocycles. The van der Waals surface area contributed by atoms with E-state index in [4.69, 9.17) is 17.3 Å². The first kappa shape index (κ1) is 13.5. The quantitative estimate of drug-likeness (QED) is 0.738. The summed E-state index contributed by atoms with van der Waals surface area (Å²) in [5, 5.41) is 14.2. The van der Waals surface area contributed by atoms with Crippen molar-refractivity contribution in [3.05, 3.63) is 23.2 Å². The van der Waals surface area contributed by atoms with Crippen molar-refractivity contribution in [2.24, 2.45) is 5.92 Å². The number of rotatable bonds is 3. The molecule has 1 aromatic rings. The molecule has 3 nitrogen and oxygen atoms in total. The number of benzene rings is 1. The average molecular weight is 269 g/mol. The van der Waals surface area contributed by atoms with Gasteiger partial charge in [-0.2, -0.15) is 0 Å². The molecule has 0 aromatic heterocycles. The minimum Gasteiger partial charge on any atom is -0.396 e. The van der Waals surface area contributed by atoms with Crippen LogP contribution in [0.4, 0.5) is 11.4 Å². The largest absolute Gasteiger partial charge is 0.396 e. The highest BCUT2D eigenvalue weighted by atomic mass is 35.5. The van der Waals surface area contributed by atoms with Gasteiger partial charge >= 0.3 is 0 Å². The molecule has 4 heteroatoms. The van der Waals surface area contributed by atoms with Gasteiger partial charge in [-0.1, -0.05) is 24.6 Å². The Kier molecular flexibility index (Phi) is 4.03. The fourth-order valence-electron chi connectivity index (χ4n) is 2.43. The van der Waals surface area contributed by atoms with Crippen LogP contribution in [0.3, 0.4) is 0 Å². The smallest absolute Gasteiger partial charge is 0.0819 e. The highest BCUT2D eigenvalue weighted by molar-refractivity contribution is 6.33. The van der Waals surface area contributed by atoms with Crippen molar-refractivity contribution in [2.75, 3.05) is 17.6 Å². The lowest BCUT2D eigenvalue weighted by molar-refractivity contribution is 0.00502. The van der Waals surface area contributed by atoms with Crippen LogP contribution in [0, 0.1) is 5.92 Å². The topological polar surface area (TPSA) is 58.3 Å². The van der Waals surface area contributed by atoms with Crippen molar-refractivity contribution < 1.29 is 5.11 Å². The van der Waals surface area contributed by atoms with Crippen LogP contribution in [0.1, 0.15) is 32.6 Å². The summed E-state index contributed by atoms with van der Waals surface area (Å²) in [6.07, 6.45) is 3.87. The third-order valence-corrected chi connectivity index (χ3v) is 4.20. The molecule has 1 aromatic carbocycles. The zero-order valence-electron chi connectivity index (χ0n) is 10.7. The maximum absolute atomic E-state index is 10.5. The molecule has 0 aliphatic heterocycles. The van der Waals surface area contributed by atoms with E-state index in [0.29, 0.717) is 17.3 Å². The van der Waals surface area contributed by atoms with Crippen LogP contribution in [0.2, 0.25) is 5.02 Å². The number of halogens is 1. The predicted molar refractivity (Wildman–Crippen MR) is 76.9 cm³/mol. The standard InChI is InChI=1S/C14H21ClN2O/c1-10-5-7-14(18,8-6-10)9-17-12-4-2-3-11(15)13(12)16/h2-4,10,17-18H,5-9,16H2,1H3. The normalized spacial score (nSPS) is 28.1. The first-order valence-corrected chi connectivity index (χ1v) is 6.88. The van der Waals surface area contributed by atoms with Gasteiger partial charge in [-0.15, -0.1) is 0 Å². The molecule has 1 saturated carbocycles. The van der Waals surface area contributed by atoms with Gasteiger partial charge in [0.2, 0.25) is 0 Å². The summed E-state index contributed by atoms with van der Waals surface area (Å²) in [7, 11) is 0. The lowest BCUT2D eigenvalue weighted by atomic mass is 9.79. The van der Waals surface area contributed by atoms with Gasteiger partial charge in [-0.05, 0) is 43.7 Å². The van der Waals surface area contributed by atoms with Crippen LogP contribution in [0.25, 0.3) is 0 Å². The van der Waals surface area contributed by atoms with Gasteiger partial charge in [-0.25, -0.2) is 0 Å². The van der Waals surface area contributed by atoms with E-state index in [2.05, 4.69) is 12.2 Å². The maximum Gasteiger partial charge on any atom is 0.0819 e. The molecule has 18 heavy (non-hydrogen) atoms. The van der Waals surface area contributed by atoms with Crippen LogP contribution < -0.4 is 11.1 Å². The van der Waals surface area contributed by atoms with E-state index in [9.17, 15) is 5.11 Å². The molecule has 0 atom stereocenters. The van der Waals surface area contributed by atoms with Gasteiger partial charge in [0.05, 0.1) is 22.0 Å². The second-order valence-corrected chi connectivity index (χ2v) is 5.87. The lowest BCUT2D eigenvalue weighted by Gasteiger charge is -2.35. The first-order valence-electron chi connectivity index (χ1n) is 6.50. The Labute approximate surface area is 113 Å². The molecule has 100 valence electrons. The summed E-state index contributed by atoms with van der Waals surface area (Å²) in [5.74, 6) is 0.724. The number of para-hydroxylation sites is 1. The van der Waals surface area contributed by atoms with E-state index in [1.165, 1.54) is 0 Å². The van der Waals surface area contributed by atoms with E-state index in [1.807, 2.05) is 12.1 Å². The molecule has 1 fully saturated rings. The number of hydrogen-bond acceptors (Lipinski definition) is 3. The van der Waals surface area contributed by atoms with E-state index in [0.717, 1.165) is 37.3 Å². The van der Waals surface area contributed by atoms with E-state index < -0.39 is 5.60 Å². The summed E-state index contributed by atoms with van der Waals surface area (Å²) in [6, 6.07) is 5.50. The Balaban J connectivity index is 1.97. The highest BCUT2D eigenvalue weighted by Gasteiger charge is 2.31. The summed E-state index contributed by atoms with van der Waals surface area (Å²) in [4.78, 5) is 0. The second kappa shape index (κ2) is 5.37. The molecule has 4 N–H and O–H groups in total. The Bertz CT molecular complexity index is 414. The van der Waals surface area contributed by atoms with Crippen molar-refractivity contribution in [3.8, 4) is 0 Å². The molecule has 0 spiro atoms. The Hall–Kier alpha value is -0.930. The summed E-state index contributed by atoms with van der Waals surface area (Å²) >= 11 is 5.96. The highest BCUT2D eigenvalue weighted by Crippen LogP contribution is 2.33. The van der Waals surface area contributed by atoms with Crippen LogP contribution in [-0.2, 0) is 0 Å². The minimum atomic E-state index is -0.610. The van der Waals surface area contributed by atoms with Crippen molar-refractivity contribution >= 4 is 23.0 Å². The molecule has 0 radical (unpaired) electrons. The second-order valence-electron chi connectivity index (χ2n) is 5.46. The van der Waals surface area contributed by atoms with Gasteiger partial charge in [0.15, 0.2) is 0 Å². The van der Waals surface area contributed by atoms with Gasteiger partial charge in [-0.3, -0.25) is 0 Å². The fourth-order valence-corrected chi connectivity index (χ4v) is 2.60. The first-order chi connectivity index (χ1) is 8.50. The number of hydrogen-bond donors (Lipinski definition) is 3. The SMILES string of the molecule is CC1CCC(O)(CNc2cccc(Cl)c2N)CC1. The van der Waals surface area contributed by atoms with Gasteiger partial charge < -0.3 is 16.2 Å². The molecule has 2 rings (SSSR count). The van der Waals surface area contributed by atoms with Crippen molar-refractivity contribution in [3.63, 3.8) is 0 Å². The Morgan fingerprint density at radius 2 is 2.11 bits per heavy atom. The molecule has 0 heterocycles. The molecular formula is C14H21ClN2O. The van der Waals surface area contributed by atoms with Crippen LogP contribution in [0.5, 0.6) is 0 Å². The number of aliphatic hydroxyl groups is 1. The van der Waals surface area contributed by atoms with E-state index in [-0.39, 0.29) is 0 Å². The predicted octanol–water partition coefficient (Wildman–Crippen LogP) is 3.28. The number of nitrogens with two attached hydrogens (primary N) is 1. The van der Waals surface area contributed by atoms with Crippen LogP contribution >= 0.6 is 11.6 Å². The van der Waals surface area contributed by atoms with E-state index >= 15 is 0 Å². The van der Waals surface area contributed by atoms with Gasteiger partial charge in [0, 0.05) is 6.54 Å². The van der Waals surface area contributed by atoms with Crippen LogP contribution in [0.15, 0.2) is 18.2 Å². The summed E-state index contributed by atoms with van der Waals surface area (Å²) in [5.41, 5.74) is 6.63. The van der Waals surface area contributed by atoms with Crippen molar-refractivity contribution in [1.29, 1.82) is 0 Å². The van der Waals surface area contributed by atoms with Gasteiger partial charge in [0.1, 0.15) is 0 Å². The number of nitrogens with one attached hydrogen (secondary N) is 1. The lowest BCUT2D eigenvalue weighted by Crippen LogP contribution is -2.40. The zero-order valence-corrected chi connectivity index (χ0v) is 11.5. The molecule has 0 unspecified atom stereocenters. The molecular weight excluding hydrogens is 248 g/mol. The third-order valence-electron chi connectivity index (χ3n) is 3.87. The Morgan fingerprint density at radius 1 is 1.44 bits per heavy atom. The molecule has 0 bridgehead atoms. The molecule has 0 amide bonds. The van der Waals surface area contributed by atoms with Crippen molar-refractivity contribution in [2.45, 2.75) is 38.2 Å². The summed E-state index contributed by atoms with van der Waals surface area (Å²) in [6.45, 7) is 2.77. The third kappa shape index (κ3) is 3.09. The number of anilines is 2. The van der Waals surface area contributed by atoms with Crippen LogP contribution in [-0.4, -0.2) is 17.3 Å².